The van der Waals surface area contributed by atoms with Crippen molar-refractivity contribution < 1.29 is 4.39 Å². The summed E-state index contributed by atoms with van der Waals surface area (Å²) < 4.78 is 16.1. The summed E-state index contributed by atoms with van der Waals surface area (Å²) in [6.45, 7) is 8.90. The zero-order valence-corrected chi connectivity index (χ0v) is 16.1. The van der Waals surface area contributed by atoms with E-state index in [9.17, 15) is 4.39 Å². The van der Waals surface area contributed by atoms with Gasteiger partial charge in [0.2, 0.25) is 0 Å². The van der Waals surface area contributed by atoms with Crippen molar-refractivity contribution in [1.82, 2.24) is 19.9 Å². The van der Waals surface area contributed by atoms with Crippen molar-refractivity contribution in [2.24, 2.45) is 0 Å². The highest BCUT2D eigenvalue weighted by Gasteiger charge is 2.13. The smallest absolute Gasteiger partial charge is 0.147 e. The normalized spacial score (nSPS) is 11.1. The van der Waals surface area contributed by atoms with Crippen LogP contribution < -0.4 is 5.32 Å². The summed E-state index contributed by atoms with van der Waals surface area (Å²) in [6.07, 6.45) is 6.24. The average molecular weight is 374 g/mol. The second-order valence-electron chi connectivity index (χ2n) is 7.01. The third-order valence-electron chi connectivity index (χ3n) is 5.16. The number of hydrogen-bond acceptors (Lipinski definition) is 2. The molecular weight excluding hydrogens is 351 g/mol. The van der Waals surface area contributed by atoms with Gasteiger partial charge in [-0.05, 0) is 55.2 Å². The van der Waals surface area contributed by atoms with Crippen LogP contribution in [0.25, 0.3) is 22.3 Å². The van der Waals surface area contributed by atoms with Gasteiger partial charge in [-0.25, -0.2) is 9.37 Å². The predicted octanol–water partition coefficient (Wildman–Crippen LogP) is 4.91. The number of benzene rings is 2. The predicted molar refractivity (Wildman–Crippen MR) is 112 cm³/mol. The molecule has 0 saturated heterocycles. The largest absolute Gasteiger partial charge is 0.385 e. The van der Waals surface area contributed by atoms with Crippen LogP contribution in [-0.4, -0.2) is 21.1 Å². The van der Waals surface area contributed by atoms with Gasteiger partial charge in [0, 0.05) is 41.4 Å². The maximum atomic E-state index is 14.1. The van der Waals surface area contributed by atoms with E-state index in [0.717, 1.165) is 52.1 Å². The summed E-state index contributed by atoms with van der Waals surface area (Å²) in [7, 11) is 0. The number of fused-ring (bicyclic) bond motifs is 1. The molecule has 0 unspecified atom stereocenters. The van der Waals surface area contributed by atoms with E-state index in [0.29, 0.717) is 5.52 Å². The molecule has 5 heteroatoms. The first-order chi connectivity index (χ1) is 13.5. The lowest BCUT2D eigenvalue weighted by atomic mass is 10.0. The maximum Gasteiger partial charge on any atom is 0.147 e. The highest BCUT2D eigenvalue weighted by atomic mass is 19.1. The second-order valence-corrected chi connectivity index (χ2v) is 7.01. The van der Waals surface area contributed by atoms with Gasteiger partial charge in [0.05, 0.1) is 11.8 Å². The lowest BCUT2D eigenvalue weighted by Gasteiger charge is -2.11. The summed E-state index contributed by atoms with van der Waals surface area (Å²) in [4.78, 5) is 7.26. The Morgan fingerprint density at radius 1 is 1.18 bits per heavy atom. The maximum absolute atomic E-state index is 14.1. The van der Waals surface area contributed by atoms with Crippen LogP contribution in [0.3, 0.4) is 0 Å². The van der Waals surface area contributed by atoms with Crippen LogP contribution in [0.4, 0.5) is 4.39 Å². The molecule has 28 heavy (non-hydrogen) atoms. The van der Waals surface area contributed by atoms with Gasteiger partial charge < -0.3 is 14.9 Å². The number of imidazole rings is 1. The number of rotatable bonds is 6. The van der Waals surface area contributed by atoms with Gasteiger partial charge in [0.15, 0.2) is 0 Å². The Labute approximate surface area is 163 Å². The SMILES string of the molecule is C=C(NCCc1c(C)[nH]c2c(F)ccc(C)c12)c1ccc(-n2ccnc2)cc1. The Morgan fingerprint density at radius 3 is 2.68 bits per heavy atom. The molecule has 0 aliphatic carbocycles. The molecule has 2 heterocycles. The van der Waals surface area contributed by atoms with Gasteiger partial charge in [0.1, 0.15) is 5.82 Å². The fourth-order valence-electron chi connectivity index (χ4n) is 3.64. The monoisotopic (exact) mass is 374 g/mol. The van der Waals surface area contributed by atoms with Crippen molar-refractivity contribution in [2.45, 2.75) is 20.3 Å². The Morgan fingerprint density at radius 2 is 1.96 bits per heavy atom. The van der Waals surface area contributed by atoms with Gasteiger partial charge in [-0.15, -0.1) is 0 Å². The van der Waals surface area contributed by atoms with E-state index in [4.69, 9.17) is 0 Å². The van der Waals surface area contributed by atoms with Crippen molar-refractivity contribution in [2.75, 3.05) is 6.54 Å². The van der Waals surface area contributed by atoms with Gasteiger partial charge >= 0.3 is 0 Å². The summed E-state index contributed by atoms with van der Waals surface area (Å²) >= 11 is 0. The van der Waals surface area contributed by atoms with E-state index in [1.165, 1.54) is 6.07 Å². The van der Waals surface area contributed by atoms with Crippen LogP contribution in [0, 0.1) is 19.7 Å². The molecule has 0 bridgehead atoms. The van der Waals surface area contributed by atoms with Crippen molar-refractivity contribution in [3.05, 3.63) is 89.9 Å². The van der Waals surface area contributed by atoms with Crippen LogP contribution in [-0.2, 0) is 6.42 Å². The lowest BCUT2D eigenvalue weighted by Crippen LogP contribution is -2.15. The van der Waals surface area contributed by atoms with Crippen LogP contribution in [0.5, 0.6) is 0 Å². The number of aryl methyl sites for hydroxylation is 2. The van der Waals surface area contributed by atoms with E-state index in [2.05, 4.69) is 21.9 Å². The zero-order chi connectivity index (χ0) is 19.7. The zero-order valence-electron chi connectivity index (χ0n) is 16.1. The van der Waals surface area contributed by atoms with E-state index in [-0.39, 0.29) is 5.82 Å². The summed E-state index contributed by atoms with van der Waals surface area (Å²) in [6, 6.07) is 11.5. The van der Waals surface area contributed by atoms with Crippen LogP contribution in [0.15, 0.2) is 61.7 Å². The van der Waals surface area contributed by atoms with Gasteiger partial charge in [-0.3, -0.25) is 0 Å². The van der Waals surface area contributed by atoms with E-state index < -0.39 is 0 Å². The molecule has 0 amide bonds. The average Bonchev–Trinajstić information content (AvgIpc) is 3.34. The fourth-order valence-corrected chi connectivity index (χ4v) is 3.64. The third kappa shape index (κ3) is 3.31. The Bertz CT molecular complexity index is 1120. The van der Waals surface area contributed by atoms with Crippen molar-refractivity contribution in [3.63, 3.8) is 0 Å². The standard InChI is InChI=1S/C23H23FN4/c1-15-4-9-21(24)23-22(15)20(17(3)27-23)10-11-26-16(2)18-5-7-19(8-6-18)28-13-12-25-14-28/h4-9,12-14,26-27H,2,10-11H2,1,3H3. The molecule has 4 rings (SSSR count). The van der Waals surface area contributed by atoms with Crippen LogP contribution in [0.2, 0.25) is 0 Å². The topological polar surface area (TPSA) is 45.6 Å². The fraction of sp³-hybridized carbons (Fsp3) is 0.174. The summed E-state index contributed by atoms with van der Waals surface area (Å²) in [5, 5.41) is 4.39. The van der Waals surface area contributed by atoms with Gasteiger partial charge in [-0.1, -0.05) is 24.8 Å². The molecule has 0 aliphatic rings. The minimum Gasteiger partial charge on any atom is -0.385 e. The molecule has 0 fully saturated rings. The molecule has 0 aliphatic heterocycles. The van der Waals surface area contributed by atoms with Crippen molar-refractivity contribution in [3.8, 4) is 5.69 Å². The molecule has 2 aromatic heterocycles. The lowest BCUT2D eigenvalue weighted by molar-refractivity contribution is 0.637. The number of nitrogens with one attached hydrogen (secondary N) is 2. The molecular formula is C23H23FN4. The number of hydrogen-bond donors (Lipinski definition) is 2. The first-order valence-electron chi connectivity index (χ1n) is 9.32. The number of aromatic nitrogens is 3. The summed E-state index contributed by atoms with van der Waals surface area (Å²) in [5.74, 6) is -0.203. The van der Waals surface area contributed by atoms with E-state index in [1.807, 2.05) is 54.9 Å². The minimum atomic E-state index is -0.203. The first-order valence-corrected chi connectivity index (χ1v) is 9.32. The number of H-pyrrole nitrogens is 1. The molecule has 0 saturated carbocycles. The molecule has 0 radical (unpaired) electrons. The van der Waals surface area contributed by atoms with Crippen molar-refractivity contribution in [1.29, 1.82) is 0 Å². The molecule has 2 aromatic carbocycles. The van der Waals surface area contributed by atoms with Gasteiger partial charge in [0.25, 0.3) is 0 Å². The molecule has 0 atom stereocenters. The molecule has 4 nitrogen and oxygen atoms in total. The summed E-state index contributed by atoms with van der Waals surface area (Å²) in [5.41, 5.74) is 6.83. The quantitative estimate of drug-likeness (QED) is 0.504. The van der Waals surface area contributed by atoms with Crippen molar-refractivity contribution >= 4 is 16.6 Å². The second kappa shape index (κ2) is 7.35. The van der Waals surface area contributed by atoms with Crippen LogP contribution in [0.1, 0.15) is 22.4 Å². The third-order valence-corrected chi connectivity index (χ3v) is 5.16. The number of nitrogens with zero attached hydrogens (tertiary/aromatic N) is 2. The number of aromatic amines is 1. The Balaban J connectivity index is 1.44. The number of halogens is 1. The van der Waals surface area contributed by atoms with E-state index >= 15 is 0 Å². The molecule has 4 aromatic rings. The van der Waals surface area contributed by atoms with Gasteiger partial charge in [-0.2, -0.15) is 0 Å². The highest BCUT2D eigenvalue weighted by molar-refractivity contribution is 5.88. The highest BCUT2D eigenvalue weighted by Crippen LogP contribution is 2.28. The van der Waals surface area contributed by atoms with E-state index in [1.54, 1.807) is 12.5 Å². The van der Waals surface area contributed by atoms with Crippen LogP contribution >= 0.6 is 0 Å². The first kappa shape index (κ1) is 18.0. The molecule has 2 N–H and O–H groups in total. The molecule has 0 spiro atoms. The Hall–Kier alpha value is -3.34. The molecule has 142 valence electrons. The minimum absolute atomic E-state index is 0.203. The Kier molecular flexibility index (Phi) is 4.74.